The van der Waals surface area contributed by atoms with Gasteiger partial charge in [-0.3, -0.25) is 9.59 Å². The van der Waals surface area contributed by atoms with Gasteiger partial charge in [0, 0.05) is 15.7 Å². The van der Waals surface area contributed by atoms with Gasteiger partial charge in [0.05, 0.1) is 4.48 Å². The van der Waals surface area contributed by atoms with E-state index in [1.807, 2.05) is 71.6 Å². The molecule has 0 saturated carbocycles. The van der Waals surface area contributed by atoms with Gasteiger partial charge in [0.2, 0.25) is 0 Å². The van der Waals surface area contributed by atoms with Crippen molar-refractivity contribution in [2.24, 2.45) is 0 Å². The zero-order valence-electron chi connectivity index (χ0n) is 14.2. The third-order valence-electron chi connectivity index (χ3n) is 4.85. The fraction of sp³-hybridized carbons (Fsp3) is 0.0909. The van der Waals surface area contributed by atoms with Crippen LogP contribution in [0.2, 0.25) is 0 Å². The van der Waals surface area contributed by atoms with Gasteiger partial charge in [-0.05, 0) is 80.0 Å². The number of amides is 1. The summed E-state index contributed by atoms with van der Waals surface area (Å²) in [5.41, 5.74) is 2.09. The highest BCUT2D eigenvalue weighted by Crippen LogP contribution is 2.47. The maximum absolute atomic E-state index is 13.2. The third kappa shape index (κ3) is 3.12. The van der Waals surface area contributed by atoms with Crippen molar-refractivity contribution in [3.8, 4) is 0 Å². The Balaban J connectivity index is 1.87. The molecule has 5 heteroatoms. The SMILES string of the molecule is O=C1C=CC2(C=C1)C(c1ccccc1)=C(Br)C(=O)N2Cc1ccccc1I. The van der Waals surface area contributed by atoms with E-state index in [-0.39, 0.29) is 11.7 Å². The van der Waals surface area contributed by atoms with Crippen LogP contribution in [-0.2, 0) is 16.1 Å². The van der Waals surface area contributed by atoms with E-state index in [0.717, 1.165) is 20.3 Å². The van der Waals surface area contributed by atoms with Gasteiger partial charge in [0.15, 0.2) is 5.78 Å². The molecule has 0 bridgehead atoms. The second-order valence-corrected chi connectivity index (χ2v) is 8.39. The molecule has 0 aromatic heterocycles. The lowest BCUT2D eigenvalue weighted by molar-refractivity contribution is -0.127. The molecule has 134 valence electrons. The van der Waals surface area contributed by atoms with Gasteiger partial charge in [-0.1, -0.05) is 48.5 Å². The molecule has 0 N–H and O–H groups in total. The summed E-state index contributed by atoms with van der Waals surface area (Å²) in [6, 6.07) is 17.8. The van der Waals surface area contributed by atoms with Gasteiger partial charge in [-0.25, -0.2) is 0 Å². The number of hydrogen-bond acceptors (Lipinski definition) is 2. The number of ketones is 1. The fourth-order valence-corrected chi connectivity index (χ4v) is 4.86. The summed E-state index contributed by atoms with van der Waals surface area (Å²) in [7, 11) is 0. The molecule has 1 amide bonds. The molecule has 0 atom stereocenters. The molecule has 0 unspecified atom stereocenters. The number of carbonyl (C=O) groups excluding carboxylic acids is 2. The van der Waals surface area contributed by atoms with Crippen molar-refractivity contribution < 1.29 is 9.59 Å². The van der Waals surface area contributed by atoms with Crippen LogP contribution in [0.15, 0.2) is 83.4 Å². The van der Waals surface area contributed by atoms with Crippen LogP contribution >= 0.6 is 38.5 Å². The first-order valence-corrected chi connectivity index (χ1v) is 10.3. The Morgan fingerprint density at radius 1 is 0.926 bits per heavy atom. The Morgan fingerprint density at radius 3 is 2.22 bits per heavy atom. The van der Waals surface area contributed by atoms with Crippen molar-refractivity contribution in [3.05, 3.63) is 98.1 Å². The van der Waals surface area contributed by atoms with Crippen LogP contribution in [-0.4, -0.2) is 22.1 Å². The minimum atomic E-state index is -0.788. The van der Waals surface area contributed by atoms with Crippen molar-refractivity contribution in [1.82, 2.24) is 4.90 Å². The van der Waals surface area contributed by atoms with Crippen molar-refractivity contribution >= 4 is 55.8 Å². The van der Waals surface area contributed by atoms with E-state index in [1.165, 1.54) is 0 Å². The molecule has 2 aromatic carbocycles. The lowest BCUT2D eigenvalue weighted by Gasteiger charge is -2.37. The molecule has 0 fully saturated rings. The minimum absolute atomic E-state index is 0.0715. The highest BCUT2D eigenvalue weighted by molar-refractivity contribution is 14.1. The number of halogens is 2. The Hall–Kier alpha value is -1.99. The largest absolute Gasteiger partial charge is 0.317 e. The van der Waals surface area contributed by atoms with E-state index < -0.39 is 5.54 Å². The zero-order chi connectivity index (χ0) is 19.0. The quantitative estimate of drug-likeness (QED) is 0.530. The molecular formula is C22H15BrINO2. The van der Waals surface area contributed by atoms with Crippen LogP contribution in [0.4, 0.5) is 0 Å². The number of hydrogen-bond donors (Lipinski definition) is 0. The van der Waals surface area contributed by atoms with Crippen LogP contribution in [0.1, 0.15) is 11.1 Å². The van der Waals surface area contributed by atoms with E-state index >= 15 is 0 Å². The predicted octanol–water partition coefficient (Wildman–Crippen LogP) is 4.87. The number of allylic oxidation sites excluding steroid dienone is 2. The lowest BCUT2D eigenvalue weighted by Crippen LogP contribution is -2.45. The topological polar surface area (TPSA) is 37.4 Å². The van der Waals surface area contributed by atoms with E-state index in [1.54, 1.807) is 12.2 Å². The van der Waals surface area contributed by atoms with E-state index in [0.29, 0.717) is 11.0 Å². The molecule has 1 spiro atoms. The zero-order valence-corrected chi connectivity index (χ0v) is 18.0. The van der Waals surface area contributed by atoms with Gasteiger partial charge in [-0.2, -0.15) is 0 Å². The summed E-state index contributed by atoms with van der Waals surface area (Å²) in [4.78, 5) is 26.9. The molecule has 1 aliphatic carbocycles. The van der Waals surface area contributed by atoms with Gasteiger partial charge in [-0.15, -0.1) is 0 Å². The second-order valence-electron chi connectivity index (χ2n) is 6.43. The van der Waals surface area contributed by atoms with Crippen LogP contribution < -0.4 is 0 Å². The molecule has 0 radical (unpaired) electrons. The van der Waals surface area contributed by atoms with Crippen LogP contribution in [0.3, 0.4) is 0 Å². The number of nitrogens with zero attached hydrogens (tertiary/aromatic N) is 1. The minimum Gasteiger partial charge on any atom is -0.317 e. The molecule has 27 heavy (non-hydrogen) atoms. The molecule has 4 rings (SSSR count). The van der Waals surface area contributed by atoms with Crippen LogP contribution in [0, 0.1) is 3.57 Å². The normalized spacial score (nSPS) is 18.1. The smallest absolute Gasteiger partial charge is 0.262 e. The number of carbonyl (C=O) groups is 2. The maximum atomic E-state index is 13.2. The van der Waals surface area contributed by atoms with E-state index in [2.05, 4.69) is 38.5 Å². The summed E-state index contributed by atoms with van der Waals surface area (Å²) in [6.07, 6.45) is 6.76. The molecule has 2 aliphatic rings. The molecule has 3 nitrogen and oxygen atoms in total. The second kappa shape index (κ2) is 7.20. The van der Waals surface area contributed by atoms with Gasteiger partial charge in [0.1, 0.15) is 5.54 Å². The average molecular weight is 532 g/mol. The van der Waals surface area contributed by atoms with Crippen molar-refractivity contribution in [1.29, 1.82) is 0 Å². The standard InChI is InChI=1S/C22H15BrINO2/c23-20-19(15-6-2-1-3-7-15)22(12-10-17(26)11-13-22)25(21(20)27)14-16-8-4-5-9-18(16)24/h1-13H,14H2. The summed E-state index contributed by atoms with van der Waals surface area (Å²) >= 11 is 5.82. The Labute approximate surface area is 179 Å². The summed E-state index contributed by atoms with van der Waals surface area (Å²) in [6.45, 7) is 0.451. The first-order chi connectivity index (χ1) is 13.0. The number of rotatable bonds is 3. The Kier molecular flexibility index (Phi) is 4.90. The van der Waals surface area contributed by atoms with E-state index in [9.17, 15) is 9.59 Å². The van der Waals surface area contributed by atoms with Crippen LogP contribution in [0.5, 0.6) is 0 Å². The molecule has 0 saturated heterocycles. The van der Waals surface area contributed by atoms with E-state index in [4.69, 9.17) is 0 Å². The van der Waals surface area contributed by atoms with Gasteiger partial charge in [0.25, 0.3) is 5.91 Å². The summed E-state index contributed by atoms with van der Waals surface area (Å²) in [5.74, 6) is -0.157. The first kappa shape index (κ1) is 18.4. The van der Waals surface area contributed by atoms with Gasteiger partial charge < -0.3 is 4.90 Å². The molecule has 2 aromatic rings. The van der Waals surface area contributed by atoms with Crippen molar-refractivity contribution in [2.75, 3.05) is 0 Å². The molecular weight excluding hydrogens is 517 g/mol. The summed E-state index contributed by atoms with van der Waals surface area (Å²) < 4.78 is 1.63. The molecule has 1 aliphatic heterocycles. The predicted molar refractivity (Wildman–Crippen MR) is 118 cm³/mol. The van der Waals surface area contributed by atoms with Crippen molar-refractivity contribution in [3.63, 3.8) is 0 Å². The molecule has 1 heterocycles. The van der Waals surface area contributed by atoms with Crippen LogP contribution in [0.25, 0.3) is 5.57 Å². The number of benzene rings is 2. The average Bonchev–Trinajstić information content (AvgIpc) is 2.88. The highest BCUT2D eigenvalue weighted by Gasteiger charge is 2.49. The monoisotopic (exact) mass is 531 g/mol. The Morgan fingerprint density at radius 2 is 1.56 bits per heavy atom. The fourth-order valence-electron chi connectivity index (χ4n) is 3.54. The van der Waals surface area contributed by atoms with Crippen molar-refractivity contribution in [2.45, 2.75) is 12.1 Å². The lowest BCUT2D eigenvalue weighted by atomic mass is 9.82. The highest BCUT2D eigenvalue weighted by atomic mass is 127. The third-order valence-corrected chi connectivity index (χ3v) is 6.64. The first-order valence-electron chi connectivity index (χ1n) is 8.46. The Bertz CT molecular complexity index is 1010. The maximum Gasteiger partial charge on any atom is 0.262 e. The summed E-state index contributed by atoms with van der Waals surface area (Å²) in [5, 5.41) is 0. The van der Waals surface area contributed by atoms with Gasteiger partial charge >= 0.3 is 0 Å².